The van der Waals surface area contributed by atoms with E-state index in [4.69, 9.17) is 14.2 Å². The van der Waals surface area contributed by atoms with Crippen molar-refractivity contribution in [3.63, 3.8) is 0 Å². The predicted molar refractivity (Wildman–Crippen MR) is 92.8 cm³/mol. The van der Waals surface area contributed by atoms with E-state index in [-0.39, 0.29) is 17.7 Å². The summed E-state index contributed by atoms with van der Waals surface area (Å²) in [7, 11) is 3.33. The molecule has 2 heterocycles. The largest absolute Gasteiger partial charge is 0.493 e. The minimum absolute atomic E-state index is 0.136. The first-order valence-corrected chi connectivity index (χ1v) is 8.67. The van der Waals surface area contributed by atoms with Gasteiger partial charge in [0.2, 0.25) is 0 Å². The van der Waals surface area contributed by atoms with E-state index in [0.29, 0.717) is 6.42 Å². The molecule has 5 nitrogen and oxygen atoms in total. The normalized spacial score (nSPS) is 27.3. The van der Waals surface area contributed by atoms with E-state index in [1.54, 1.807) is 14.2 Å². The second-order valence-corrected chi connectivity index (χ2v) is 7.74. The van der Waals surface area contributed by atoms with Gasteiger partial charge in [0.15, 0.2) is 11.5 Å². The van der Waals surface area contributed by atoms with Crippen LogP contribution in [0.1, 0.15) is 44.4 Å². The number of benzene rings is 1. The molecule has 1 N–H and O–H groups in total. The van der Waals surface area contributed by atoms with Crippen LogP contribution in [0.4, 0.5) is 0 Å². The molecule has 24 heavy (non-hydrogen) atoms. The van der Waals surface area contributed by atoms with Crippen LogP contribution in [-0.2, 0) is 11.2 Å². The Morgan fingerprint density at radius 1 is 1.12 bits per heavy atom. The maximum absolute atomic E-state index is 10.6. The number of piperidine rings is 1. The van der Waals surface area contributed by atoms with Crippen molar-refractivity contribution >= 4 is 0 Å². The molecule has 0 aliphatic carbocycles. The van der Waals surface area contributed by atoms with E-state index in [0.717, 1.165) is 31.0 Å². The third-order valence-electron chi connectivity index (χ3n) is 4.93. The molecule has 5 heteroatoms. The average Bonchev–Trinajstić information content (AvgIpc) is 2.53. The zero-order valence-electron chi connectivity index (χ0n) is 15.3. The lowest BCUT2D eigenvalue weighted by molar-refractivity contribution is -0.149. The summed E-state index contributed by atoms with van der Waals surface area (Å²) in [5.74, 6) is 1.52. The minimum atomic E-state index is -0.454. The lowest BCUT2D eigenvalue weighted by Gasteiger charge is -2.46. The highest BCUT2D eigenvalue weighted by Crippen LogP contribution is 2.42. The van der Waals surface area contributed by atoms with Crippen molar-refractivity contribution < 1.29 is 19.3 Å². The number of methoxy groups -OCH3 is 2. The van der Waals surface area contributed by atoms with Gasteiger partial charge in [0.1, 0.15) is 0 Å². The molecule has 2 aliphatic rings. The topological polar surface area (TPSA) is 51.2 Å². The van der Waals surface area contributed by atoms with Crippen LogP contribution in [0.15, 0.2) is 12.1 Å². The third-order valence-corrected chi connectivity index (χ3v) is 4.93. The van der Waals surface area contributed by atoms with Crippen LogP contribution in [0.5, 0.6) is 11.5 Å². The van der Waals surface area contributed by atoms with Crippen LogP contribution in [0.2, 0.25) is 0 Å². The first kappa shape index (κ1) is 17.5. The molecule has 1 aromatic carbocycles. The summed E-state index contributed by atoms with van der Waals surface area (Å²) in [5.41, 5.74) is 2.28. The lowest BCUT2D eigenvalue weighted by Crippen LogP contribution is -2.53. The fourth-order valence-electron chi connectivity index (χ4n) is 3.88. The van der Waals surface area contributed by atoms with Gasteiger partial charge in [0.25, 0.3) is 0 Å². The van der Waals surface area contributed by atoms with Crippen LogP contribution >= 0.6 is 0 Å². The highest BCUT2D eigenvalue weighted by atomic mass is 16.5. The van der Waals surface area contributed by atoms with E-state index in [1.807, 2.05) is 20.8 Å². The van der Waals surface area contributed by atoms with Crippen molar-refractivity contribution in [1.29, 1.82) is 0 Å². The highest BCUT2D eigenvalue weighted by Gasteiger charge is 2.40. The molecule has 2 aliphatic heterocycles. The van der Waals surface area contributed by atoms with E-state index in [2.05, 4.69) is 17.0 Å². The van der Waals surface area contributed by atoms with Crippen LogP contribution < -0.4 is 9.47 Å². The molecule has 0 saturated carbocycles. The van der Waals surface area contributed by atoms with Crippen molar-refractivity contribution in [1.82, 2.24) is 4.90 Å². The van der Waals surface area contributed by atoms with Gasteiger partial charge in [-0.05, 0) is 56.9 Å². The average molecular weight is 335 g/mol. The smallest absolute Gasteiger partial charge is 0.161 e. The number of hydrogen-bond donors (Lipinski definition) is 1. The second-order valence-electron chi connectivity index (χ2n) is 7.74. The first-order valence-electron chi connectivity index (χ1n) is 8.67. The Hall–Kier alpha value is -1.30. The highest BCUT2D eigenvalue weighted by molar-refractivity contribution is 5.49. The molecule has 0 amide bonds. The molecule has 134 valence electrons. The Balaban J connectivity index is 1.86. The van der Waals surface area contributed by atoms with E-state index in [1.165, 1.54) is 11.1 Å². The molecular formula is C19H29NO4. The van der Waals surface area contributed by atoms with Crippen molar-refractivity contribution in [3.8, 4) is 11.5 Å². The van der Waals surface area contributed by atoms with Gasteiger partial charge in [-0.3, -0.25) is 4.90 Å². The summed E-state index contributed by atoms with van der Waals surface area (Å²) in [4.78, 5) is 2.43. The number of ether oxygens (including phenoxy) is 3. The van der Waals surface area contributed by atoms with Crippen molar-refractivity contribution in [2.24, 2.45) is 0 Å². The van der Waals surface area contributed by atoms with Gasteiger partial charge in [-0.25, -0.2) is 0 Å². The standard InChI is InChI=1S/C19H29NO4/c1-19(2,3)24-18-11-20-7-6-12-8-16(22-4)17(23-5)9-13(12)14(20)10-15(18)21/h8-9,14-15,18,21H,6-7,10-11H2,1-5H3/t14-,15-,18-/m1/s1. The molecule has 0 radical (unpaired) electrons. The van der Waals surface area contributed by atoms with Crippen LogP contribution in [0, 0.1) is 0 Å². The fraction of sp³-hybridized carbons (Fsp3) is 0.684. The number of hydrogen-bond acceptors (Lipinski definition) is 5. The molecule has 1 aromatic rings. The summed E-state index contributed by atoms with van der Waals surface area (Å²) in [6.07, 6.45) is 1.07. The maximum atomic E-state index is 10.6. The summed E-state index contributed by atoms with van der Waals surface area (Å²) in [6, 6.07) is 4.36. The Kier molecular flexibility index (Phi) is 4.78. The van der Waals surface area contributed by atoms with Gasteiger partial charge < -0.3 is 19.3 Å². The summed E-state index contributed by atoms with van der Waals surface area (Å²) in [6.45, 7) is 7.85. The molecule has 3 atom stereocenters. The van der Waals surface area contributed by atoms with Crippen molar-refractivity contribution in [3.05, 3.63) is 23.3 Å². The Labute approximate surface area is 144 Å². The molecule has 1 fully saturated rings. The summed E-state index contributed by atoms with van der Waals surface area (Å²) < 4.78 is 17.0. The third kappa shape index (κ3) is 3.39. The summed E-state index contributed by atoms with van der Waals surface area (Å²) in [5, 5.41) is 10.6. The van der Waals surface area contributed by atoms with Gasteiger partial charge in [-0.2, -0.15) is 0 Å². The molecule has 0 spiro atoms. The molecule has 0 bridgehead atoms. The van der Waals surface area contributed by atoms with E-state index < -0.39 is 6.10 Å². The zero-order valence-corrected chi connectivity index (χ0v) is 15.3. The molecule has 1 saturated heterocycles. The van der Waals surface area contributed by atoms with Gasteiger partial charge in [0.05, 0.1) is 32.0 Å². The fourth-order valence-corrected chi connectivity index (χ4v) is 3.88. The van der Waals surface area contributed by atoms with Gasteiger partial charge in [-0.15, -0.1) is 0 Å². The molecule has 0 unspecified atom stereocenters. The van der Waals surface area contributed by atoms with Crippen LogP contribution in [-0.4, -0.2) is 55.1 Å². The Morgan fingerprint density at radius 3 is 2.42 bits per heavy atom. The van der Waals surface area contributed by atoms with Crippen molar-refractivity contribution in [2.75, 3.05) is 27.3 Å². The lowest BCUT2D eigenvalue weighted by atomic mass is 9.84. The monoisotopic (exact) mass is 335 g/mol. The number of nitrogens with zero attached hydrogens (tertiary/aromatic N) is 1. The van der Waals surface area contributed by atoms with Gasteiger partial charge in [0, 0.05) is 19.1 Å². The summed E-state index contributed by atoms with van der Waals surface area (Å²) >= 11 is 0. The number of aliphatic hydroxyl groups excluding tert-OH is 1. The van der Waals surface area contributed by atoms with E-state index in [9.17, 15) is 5.11 Å². The van der Waals surface area contributed by atoms with Gasteiger partial charge >= 0.3 is 0 Å². The first-order chi connectivity index (χ1) is 11.3. The zero-order chi connectivity index (χ0) is 17.5. The van der Waals surface area contributed by atoms with Gasteiger partial charge in [-0.1, -0.05) is 0 Å². The number of fused-ring (bicyclic) bond motifs is 3. The van der Waals surface area contributed by atoms with Crippen molar-refractivity contribution in [2.45, 2.75) is 57.5 Å². The molecular weight excluding hydrogens is 306 g/mol. The number of rotatable bonds is 3. The van der Waals surface area contributed by atoms with Crippen LogP contribution in [0.25, 0.3) is 0 Å². The second kappa shape index (κ2) is 6.54. The Bertz CT molecular complexity index is 596. The molecule has 3 rings (SSSR count). The molecule has 0 aromatic heterocycles. The van der Waals surface area contributed by atoms with Crippen LogP contribution in [0.3, 0.4) is 0 Å². The SMILES string of the molecule is COc1cc2c(cc1OC)[C@H]1C[C@@H](O)[C@H](OC(C)(C)C)CN1CC2. The predicted octanol–water partition coefficient (Wildman–Crippen LogP) is 2.55. The van der Waals surface area contributed by atoms with E-state index >= 15 is 0 Å². The minimum Gasteiger partial charge on any atom is -0.493 e. The Morgan fingerprint density at radius 2 is 1.79 bits per heavy atom. The quantitative estimate of drug-likeness (QED) is 0.920. The number of aliphatic hydroxyl groups is 1. The maximum Gasteiger partial charge on any atom is 0.161 e.